The molecule has 2 rings (SSSR count). The van der Waals surface area contributed by atoms with Crippen LogP contribution in [0, 0.1) is 4.77 Å². The van der Waals surface area contributed by atoms with E-state index in [1.54, 1.807) is 11.3 Å². The highest BCUT2D eigenvalue weighted by Crippen LogP contribution is 2.27. The van der Waals surface area contributed by atoms with Gasteiger partial charge in [-0.1, -0.05) is 13.8 Å². The summed E-state index contributed by atoms with van der Waals surface area (Å²) in [5, 5.41) is 8.32. The molecule has 0 radical (unpaired) electrons. The van der Waals surface area contributed by atoms with Crippen molar-refractivity contribution in [3.05, 3.63) is 16.0 Å². The zero-order valence-corrected chi connectivity index (χ0v) is 11.9. The predicted molar refractivity (Wildman–Crippen MR) is 72.9 cm³/mol. The molecule has 4 nitrogen and oxygen atoms in total. The Morgan fingerprint density at radius 1 is 1.53 bits per heavy atom. The average molecular weight is 268 g/mol. The van der Waals surface area contributed by atoms with Crippen molar-refractivity contribution in [3.63, 3.8) is 0 Å². The molecular weight excluding hydrogens is 252 g/mol. The van der Waals surface area contributed by atoms with Gasteiger partial charge in [0.1, 0.15) is 0 Å². The van der Waals surface area contributed by atoms with Gasteiger partial charge in [-0.3, -0.25) is 9.67 Å². The zero-order valence-electron chi connectivity index (χ0n) is 10.2. The Bertz CT molecular complexity index is 552. The molecule has 6 heteroatoms. The largest absolute Gasteiger partial charge is 0.297 e. The fraction of sp³-hybridized carbons (Fsp3) is 0.545. The first-order chi connectivity index (χ1) is 8.17. The summed E-state index contributed by atoms with van der Waals surface area (Å²) in [5.74, 6) is 0.904. The van der Waals surface area contributed by atoms with Gasteiger partial charge in [0, 0.05) is 12.2 Å². The number of H-pyrrole nitrogens is 1. The minimum atomic E-state index is 0.350. The average Bonchev–Trinajstić information content (AvgIpc) is 2.94. The van der Waals surface area contributed by atoms with Gasteiger partial charge in [0.25, 0.3) is 0 Å². The van der Waals surface area contributed by atoms with Crippen LogP contribution in [0.5, 0.6) is 0 Å². The third-order valence-corrected chi connectivity index (χ3v) is 4.24. The van der Waals surface area contributed by atoms with Crippen LogP contribution < -0.4 is 0 Å². The van der Waals surface area contributed by atoms with Gasteiger partial charge in [-0.05, 0) is 32.0 Å². The second-order valence-electron chi connectivity index (χ2n) is 3.95. The van der Waals surface area contributed by atoms with Crippen LogP contribution in [0.3, 0.4) is 0 Å². The fourth-order valence-electron chi connectivity index (χ4n) is 1.65. The van der Waals surface area contributed by atoms with Gasteiger partial charge in [-0.15, -0.1) is 11.3 Å². The lowest BCUT2D eigenvalue weighted by atomic mass is 10.2. The SMILES string of the molecule is CCc1ncc(-c2n[nH]c(=S)n2C(C)CC)s1. The summed E-state index contributed by atoms with van der Waals surface area (Å²) in [7, 11) is 0. The number of aromatic nitrogens is 4. The summed E-state index contributed by atoms with van der Waals surface area (Å²) in [6.07, 6.45) is 3.87. The highest BCUT2D eigenvalue weighted by molar-refractivity contribution is 7.71. The second kappa shape index (κ2) is 5.10. The van der Waals surface area contributed by atoms with Crippen LogP contribution in [0.2, 0.25) is 0 Å². The maximum absolute atomic E-state index is 5.28. The molecule has 0 fully saturated rings. The molecule has 0 bridgehead atoms. The third-order valence-electron chi connectivity index (χ3n) is 2.81. The second-order valence-corrected chi connectivity index (χ2v) is 5.45. The van der Waals surface area contributed by atoms with E-state index in [0.29, 0.717) is 10.8 Å². The Morgan fingerprint density at radius 2 is 2.29 bits per heavy atom. The van der Waals surface area contributed by atoms with Gasteiger partial charge < -0.3 is 0 Å². The number of aryl methyl sites for hydroxylation is 1. The first-order valence-electron chi connectivity index (χ1n) is 5.79. The Balaban J connectivity index is 2.48. The van der Waals surface area contributed by atoms with E-state index < -0.39 is 0 Å². The molecule has 2 heterocycles. The third kappa shape index (κ3) is 2.32. The maximum atomic E-state index is 5.28. The number of hydrogen-bond donors (Lipinski definition) is 1. The molecule has 0 amide bonds. The van der Waals surface area contributed by atoms with Crippen LogP contribution in [0.4, 0.5) is 0 Å². The molecule has 0 aliphatic rings. The van der Waals surface area contributed by atoms with Gasteiger partial charge in [0.05, 0.1) is 9.88 Å². The summed E-state index contributed by atoms with van der Waals surface area (Å²) < 4.78 is 2.75. The Labute approximate surface area is 110 Å². The molecule has 0 aliphatic carbocycles. The van der Waals surface area contributed by atoms with E-state index in [9.17, 15) is 0 Å². The van der Waals surface area contributed by atoms with Gasteiger partial charge >= 0.3 is 0 Å². The summed E-state index contributed by atoms with van der Waals surface area (Å²) in [6, 6.07) is 0.350. The van der Waals surface area contributed by atoms with E-state index in [1.165, 1.54) is 0 Å². The molecule has 2 aromatic rings. The minimum Gasteiger partial charge on any atom is -0.297 e. The number of hydrogen-bond acceptors (Lipinski definition) is 4. The monoisotopic (exact) mass is 268 g/mol. The minimum absolute atomic E-state index is 0.350. The van der Waals surface area contributed by atoms with Crippen LogP contribution in [0.1, 0.15) is 38.2 Å². The highest BCUT2D eigenvalue weighted by atomic mass is 32.1. The first-order valence-corrected chi connectivity index (χ1v) is 7.01. The molecule has 1 unspecified atom stereocenters. The van der Waals surface area contributed by atoms with E-state index >= 15 is 0 Å². The highest BCUT2D eigenvalue weighted by Gasteiger charge is 2.15. The van der Waals surface area contributed by atoms with Gasteiger partial charge in [-0.2, -0.15) is 5.10 Å². The fourth-order valence-corrected chi connectivity index (χ4v) is 2.80. The molecule has 0 spiro atoms. The molecule has 0 saturated heterocycles. The van der Waals surface area contributed by atoms with E-state index in [4.69, 9.17) is 12.2 Å². The lowest BCUT2D eigenvalue weighted by molar-refractivity contribution is 0.529. The van der Waals surface area contributed by atoms with E-state index in [0.717, 1.165) is 28.6 Å². The Hall–Kier alpha value is -1.01. The number of nitrogens with zero attached hydrogens (tertiary/aromatic N) is 3. The summed E-state index contributed by atoms with van der Waals surface area (Å²) >= 11 is 6.96. The lowest BCUT2D eigenvalue weighted by Crippen LogP contribution is -2.05. The van der Waals surface area contributed by atoms with Crippen molar-refractivity contribution in [1.82, 2.24) is 19.7 Å². The van der Waals surface area contributed by atoms with Crippen molar-refractivity contribution in [2.75, 3.05) is 0 Å². The van der Waals surface area contributed by atoms with Crippen LogP contribution in [0.25, 0.3) is 10.7 Å². The number of rotatable bonds is 4. The van der Waals surface area contributed by atoms with E-state index in [-0.39, 0.29) is 0 Å². The summed E-state index contributed by atoms with van der Waals surface area (Å²) in [6.45, 7) is 6.40. The van der Waals surface area contributed by atoms with Gasteiger partial charge in [-0.25, -0.2) is 4.98 Å². The van der Waals surface area contributed by atoms with Crippen molar-refractivity contribution in [3.8, 4) is 10.7 Å². The molecule has 1 atom stereocenters. The van der Waals surface area contributed by atoms with Crippen LogP contribution in [-0.4, -0.2) is 19.7 Å². The van der Waals surface area contributed by atoms with E-state index in [1.807, 2.05) is 6.20 Å². The van der Waals surface area contributed by atoms with Crippen molar-refractivity contribution < 1.29 is 0 Å². The molecule has 1 N–H and O–H groups in total. The number of thiazole rings is 1. The normalized spacial score (nSPS) is 12.9. The smallest absolute Gasteiger partial charge is 0.195 e. The van der Waals surface area contributed by atoms with Crippen molar-refractivity contribution in [2.45, 2.75) is 39.7 Å². The van der Waals surface area contributed by atoms with Crippen LogP contribution >= 0.6 is 23.6 Å². The van der Waals surface area contributed by atoms with Crippen molar-refractivity contribution >= 4 is 23.6 Å². The van der Waals surface area contributed by atoms with Crippen LogP contribution in [0.15, 0.2) is 6.20 Å². The Kier molecular flexibility index (Phi) is 3.73. The van der Waals surface area contributed by atoms with Crippen molar-refractivity contribution in [2.24, 2.45) is 0 Å². The molecule has 17 heavy (non-hydrogen) atoms. The standard InChI is InChI=1S/C11H16N4S2/c1-4-7(3)15-10(13-14-11(15)16)8-6-12-9(5-2)17-8/h6-7H,4-5H2,1-3H3,(H,14,16). The first kappa shape index (κ1) is 12.4. The topological polar surface area (TPSA) is 46.5 Å². The molecule has 92 valence electrons. The predicted octanol–water partition coefficient (Wildman–Crippen LogP) is 3.60. The lowest BCUT2D eigenvalue weighted by Gasteiger charge is -2.11. The molecule has 2 aromatic heterocycles. The van der Waals surface area contributed by atoms with Gasteiger partial charge in [0.15, 0.2) is 10.6 Å². The Morgan fingerprint density at radius 3 is 2.88 bits per heavy atom. The van der Waals surface area contributed by atoms with Crippen LogP contribution in [-0.2, 0) is 6.42 Å². The molecule has 0 aromatic carbocycles. The number of nitrogens with one attached hydrogen (secondary N) is 1. The van der Waals surface area contributed by atoms with E-state index in [2.05, 4.69) is 40.5 Å². The molecular formula is C11H16N4S2. The zero-order chi connectivity index (χ0) is 12.4. The van der Waals surface area contributed by atoms with Crippen molar-refractivity contribution in [1.29, 1.82) is 0 Å². The van der Waals surface area contributed by atoms with Gasteiger partial charge in [0.2, 0.25) is 0 Å². The molecule has 0 aliphatic heterocycles. The summed E-state index contributed by atoms with van der Waals surface area (Å²) in [5.41, 5.74) is 0. The maximum Gasteiger partial charge on any atom is 0.195 e. The quantitative estimate of drug-likeness (QED) is 0.862. The number of aromatic amines is 1. The molecule has 0 saturated carbocycles. The summed E-state index contributed by atoms with van der Waals surface area (Å²) in [4.78, 5) is 5.44.